The van der Waals surface area contributed by atoms with Crippen LogP contribution in [0.4, 0.5) is 0 Å². The molecule has 20 heavy (non-hydrogen) atoms. The molecule has 0 saturated heterocycles. The maximum absolute atomic E-state index is 9.59. The van der Waals surface area contributed by atoms with Gasteiger partial charge in [0.25, 0.3) is 0 Å². The monoisotopic (exact) mass is 273 g/mol. The summed E-state index contributed by atoms with van der Waals surface area (Å²) in [6.45, 7) is 0.0421. The summed E-state index contributed by atoms with van der Waals surface area (Å²) in [6.07, 6.45) is 0. The molecule has 2 N–H and O–H groups in total. The fraction of sp³-hybridized carbons (Fsp3) is 0.133. The SMILES string of the molecule is COc1ccc(/C(COc2ccccc2O)=N\O)cc1. The highest BCUT2D eigenvalue weighted by molar-refractivity contribution is 6.01. The molecule has 0 atom stereocenters. The van der Waals surface area contributed by atoms with Gasteiger partial charge in [-0.2, -0.15) is 0 Å². The van der Waals surface area contributed by atoms with Gasteiger partial charge < -0.3 is 19.8 Å². The first kappa shape index (κ1) is 13.7. The zero-order chi connectivity index (χ0) is 14.4. The summed E-state index contributed by atoms with van der Waals surface area (Å²) in [5.41, 5.74) is 1.07. The summed E-state index contributed by atoms with van der Waals surface area (Å²) < 4.78 is 10.5. The van der Waals surface area contributed by atoms with Crippen LogP contribution in [0, 0.1) is 0 Å². The van der Waals surface area contributed by atoms with Crippen LogP contribution in [0.3, 0.4) is 0 Å². The Kier molecular flexibility index (Phi) is 4.44. The molecule has 0 fully saturated rings. The molecule has 0 spiro atoms. The molecular formula is C15H15NO4. The molecular weight excluding hydrogens is 258 g/mol. The van der Waals surface area contributed by atoms with E-state index in [0.29, 0.717) is 22.8 Å². The molecule has 0 saturated carbocycles. The first-order valence-electron chi connectivity index (χ1n) is 6.00. The highest BCUT2D eigenvalue weighted by atomic mass is 16.5. The van der Waals surface area contributed by atoms with Gasteiger partial charge in [0.1, 0.15) is 18.1 Å². The molecule has 0 heterocycles. The van der Waals surface area contributed by atoms with Crippen molar-refractivity contribution >= 4 is 5.71 Å². The van der Waals surface area contributed by atoms with Gasteiger partial charge in [-0.3, -0.25) is 0 Å². The molecule has 0 bridgehead atoms. The maximum atomic E-state index is 9.59. The third-order valence-electron chi connectivity index (χ3n) is 2.77. The summed E-state index contributed by atoms with van der Waals surface area (Å²) in [4.78, 5) is 0. The van der Waals surface area contributed by atoms with Gasteiger partial charge in [0.05, 0.1) is 7.11 Å². The smallest absolute Gasteiger partial charge is 0.161 e. The van der Waals surface area contributed by atoms with E-state index in [9.17, 15) is 5.11 Å². The first-order valence-corrected chi connectivity index (χ1v) is 6.00. The Morgan fingerprint density at radius 2 is 1.80 bits per heavy atom. The average Bonchev–Trinajstić information content (AvgIpc) is 2.50. The van der Waals surface area contributed by atoms with E-state index in [-0.39, 0.29) is 12.4 Å². The number of para-hydroxylation sites is 2. The minimum atomic E-state index is 0.0412. The predicted molar refractivity (Wildman–Crippen MR) is 74.9 cm³/mol. The highest BCUT2D eigenvalue weighted by Gasteiger charge is 2.08. The minimum absolute atomic E-state index is 0.0412. The number of ether oxygens (including phenoxy) is 2. The molecule has 0 aliphatic heterocycles. The van der Waals surface area contributed by atoms with E-state index in [1.165, 1.54) is 6.07 Å². The van der Waals surface area contributed by atoms with Gasteiger partial charge in [0.15, 0.2) is 11.5 Å². The molecule has 5 heteroatoms. The number of rotatable bonds is 5. The quantitative estimate of drug-likeness (QED) is 0.499. The van der Waals surface area contributed by atoms with Gasteiger partial charge in [0, 0.05) is 5.56 Å². The van der Waals surface area contributed by atoms with Gasteiger partial charge >= 0.3 is 0 Å². The Labute approximate surface area is 116 Å². The molecule has 2 aromatic carbocycles. The lowest BCUT2D eigenvalue weighted by atomic mass is 10.1. The molecule has 5 nitrogen and oxygen atoms in total. The van der Waals surface area contributed by atoms with Crippen molar-refractivity contribution in [3.63, 3.8) is 0 Å². The second kappa shape index (κ2) is 6.47. The average molecular weight is 273 g/mol. The van der Waals surface area contributed by atoms with Crippen molar-refractivity contribution in [2.45, 2.75) is 0 Å². The number of hydrogen-bond acceptors (Lipinski definition) is 5. The molecule has 2 rings (SSSR count). The topological polar surface area (TPSA) is 71.3 Å². The van der Waals surface area contributed by atoms with Crippen LogP contribution in [0.2, 0.25) is 0 Å². The Balaban J connectivity index is 2.08. The zero-order valence-electron chi connectivity index (χ0n) is 11.0. The summed E-state index contributed by atoms with van der Waals surface area (Å²) in [6, 6.07) is 13.7. The number of hydrogen-bond donors (Lipinski definition) is 2. The Morgan fingerprint density at radius 1 is 1.10 bits per heavy atom. The molecule has 0 aromatic heterocycles. The van der Waals surface area contributed by atoms with Crippen molar-refractivity contribution in [2.24, 2.45) is 5.16 Å². The van der Waals surface area contributed by atoms with Crippen LogP contribution in [0.1, 0.15) is 5.56 Å². The second-order valence-corrected chi connectivity index (χ2v) is 4.03. The second-order valence-electron chi connectivity index (χ2n) is 4.03. The largest absolute Gasteiger partial charge is 0.504 e. The molecule has 104 valence electrons. The fourth-order valence-electron chi connectivity index (χ4n) is 1.68. The number of methoxy groups -OCH3 is 1. The summed E-state index contributed by atoms with van der Waals surface area (Å²) in [5, 5.41) is 21.9. The van der Waals surface area contributed by atoms with Crippen LogP contribution in [0.25, 0.3) is 0 Å². The molecule has 2 aromatic rings. The number of benzene rings is 2. The molecule has 0 amide bonds. The molecule has 0 aliphatic carbocycles. The number of oxime groups is 1. The third kappa shape index (κ3) is 3.20. The van der Waals surface area contributed by atoms with Crippen molar-refractivity contribution in [1.29, 1.82) is 0 Å². The number of nitrogens with zero attached hydrogens (tertiary/aromatic N) is 1. The summed E-state index contributed by atoms with van der Waals surface area (Å²) in [7, 11) is 1.58. The molecule has 0 aliphatic rings. The van der Waals surface area contributed by atoms with Crippen LogP contribution in [-0.2, 0) is 0 Å². The zero-order valence-corrected chi connectivity index (χ0v) is 11.0. The van der Waals surface area contributed by atoms with Crippen LogP contribution >= 0.6 is 0 Å². The van der Waals surface area contributed by atoms with Gasteiger partial charge in [-0.1, -0.05) is 17.3 Å². The number of aromatic hydroxyl groups is 1. The lowest BCUT2D eigenvalue weighted by molar-refractivity contribution is 0.304. The van der Waals surface area contributed by atoms with Crippen LogP contribution < -0.4 is 9.47 Å². The number of phenols is 1. The molecule has 0 radical (unpaired) electrons. The van der Waals surface area contributed by atoms with Crippen LogP contribution in [-0.4, -0.2) is 29.7 Å². The van der Waals surface area contributed by atoms with Crippen molar-refractivity contribution in [2.75, 3.05) is 13.7 Å². The van der Waals surface area contributed by atoms with E-state index in [4.69, 9.17) is 14.7 Å². The van der Waals surface area contributed by atoms with E-state index in [0.717, 1.165) is 0 Å². The van der Waals surface area contributed by atoms with E-state index in [2.05, 4.69) is 5.16 Å². The Morgan fingerprint density at radius 3 is 2.40 bits per heavy atom. The van der Waals surface area contributed by atoms with Crippen LogP contribution in [0.15, 0.2) is 53.7 Å². The van der Waals surface area contributed by atoms with Crippen molar-refractivity contribution < 1.29 is 19.8 Å². The maximum Gasteiger partial charge on any atom is 0.161 e. The highest BCUT2D eigenvalue weighted by Crippen LogP contribution is 2.24. The lowest BCUT2D eigenvalue weighted by Crippen LogP contribution is -2.13. The standard InChI is InChI=1S/C15H15NO4/c1-19-12-8-6-11(7-9-12)13(16-18)10-20-15-5-3-2-4-14(15)17/h2-9,17-18H,10H2,1H3/b16-13-. The number of phenolic OH excluding ortho intramolecular Hbond substituents is 1. The van der Waals surface area contributed by atoms with Gasteiger partial charge in [0.2, 0.25) is 0 Å². The lowest BCUT2D eigenvalue weighted by Gasteiger charge is -2.09. The summed E-state index contributed by atoms with van der Waals surface area (Å²) >= 11 is 0. The van der Waals surface area contributed by atoms with Crippen molar-refractivity contribution in [1.82, 2.24) is 0 Å². The van der Waals surface area contributed by atoms with Gasteiger partial charge in [-0.05, 0) is 36.4 Å². The fourth-order valence-corrected chi connectivity index (χ4v) is 1.68. The first-order chi connectivity index (χ1) is 9.74. The molecule has 0 unspecified atom stereocenters. The van der Waals surface area contributed by atoms with Gasteiger partial charge in [-0.25, -0.2) is 0 Å². The van der Waals surface area contributed by atoms with Gasteiger partial charge in [-0.15, -0.1) is 0 Å². The van der Waals surface area contributed by atoms with Crippen molar-refractivity contribution in [3.05, 3.63) is 54.1 Å². The summed E-state index contributed by atoms with van der Waals surface area (Å²) in [5.74, 6) is 1.09. The Hall–Kier alpha value is -2.69. The predicted octanol–water partition coefficient (Wildman–Crippen LogP) is 2.66. The van der Waals surface area contributed by atoms with E-state index in [1.807, 2.05) is 0 Å². The van der Waals surface area contributed by atoms with Crippen LogP contribution in [0.5, 0.6) is 17.2 Å². The third-order valence-corrected chi connectivity index (χ3v) is 2.77. The van der Waals surface area contributed by atoms with E-state index in [1.54, 1.807) is 49.6 Å². The van der Waals surface area contributed by atoms with E-state index >= 15 is 0 Å². The van der Waals surface area contributed by atoms with E-state index < -0.39 is 0 Å². The van der Waals surface area contributed by atoms with Crippen molar-refractivity contribution in [3.8, 4) is 17.2 Å². The Bertz CT molecular complexity index is 593. The normalized spacial score (nSPS) is 11.2. The minimum Gasteiger partial charge on any atom is -0.504 e.